The molecular weight excluding hydrogens is 287 g/mol. The number of hydrogen-bond acceptors (Lipinski definition) is 2. The number of fused-ring (bicyclic) bond motifs is 2. The Hall–Kier alpha value is -2.05. The molecule has 7 heteroatoms. The van der Waals surface area contributed by atoms with Gasteiger partial charge in [-0.1, -0.05) is 6.07 Å². The first-order chi connectivity index (χ1) is 9.73. The van der Waals surface area contributed by atoms with Crippen LogP contribution in [-0.4, -0.2) is 34.6 Å². The van der Waals surface area contributed by atoms with E-state index in [-0.39, 0.29) is 18.7 Å². The summed E-state index contributed by atoms with van der Waals surface area (Å²) in [6, 6.07) is 4.50. The number of carboxylic acid groups (broad SMARTS) is 1. The van der Waals surface area contributed by atoms with Crippen LogP contribution in [0.1, 0.15) is 34.3 Å². The summed E-state index contributed by atoms with van der Waals surface area (Å²) in [6.07, 6.45) is -3.47. The molecule has 1 aliphatic heterocycles. The maximum atomic E-state index is 12.6. The van der Waals surface area contributed by atoms with Crippen LogP contribution < -0.4 is 0 Å². The monoisotopic (exact) mass is 299 g/mol. The largest absolute Gasteiger partial charge is 0.478 e. The van der Waals surface area contributed by atoms with Crippen LogP contribution in [0.3, 0.4) is 0 Å². The summed E-state index contributed by atoms with van der Waals surface area (Å²) in [4.78, 5) is 23.2. The third kappa shape index (κ3) is 2.26. The smallest absolute Gasteiger partial charge is 0.471 e. The number of carbonyl (C=O) groups is 2. The van der Waals surface area contributed by atoms with E-state index >= 15 is 0 Å². The summed E-state index contributed by atoms with van der Waals surface area (Å²) in [7, 11) is 0. The highest BCUT2D eigenvalue weighted by molar-refractivity contribution is 5.88. The number of amides is 1. The van der Waals surface area contributed by atoms with Gasteiger partial charge in [-0.05, 0) is 36.1 Å². The van der Waals surface area contributed by atoms with Gasteiger partial charge in [0.1, 0.15) is 0 Å². The number of carboxylic acids is 1. The van der Waals surface area contributed by atoms with Gasteiger partial charge in [-0.2, -0.15) is 13.2 Å². The van der Waals surface area contributed by atoms with Crippen LogP contribution in [0.15, 0.2) is 18.2 Å². The average Bonchev–Trinajstić information content (AvgIpc) is 3.16. The molecule has 0 bridgehead atoms. The molecule has 2 aliphatic rings. The number of carbonyl (C=O) groups excluding carboxylic acids is 1. The van der Waals surface area contributed by atoms with Crippen LogP contribution in [0.2, 0.25) is 0 Å². The number of alkyl halides is 3. The molecule has 112 valence electrons. The lowest BCUT2D eigenvalue weighted by Crippen LogP contribution is -2.47. The molecule has 1 aliphatic carbocycles. The van der Waals surface area contributed by atoms with E-state index in [9.17, 15) is 22.8 Å². The molecule has 1 spiro atoms. The van der Waals surface area contributed by atoms with Crippen molar-refractivity contribution in [2.24, 2.45) is 0 Å². The quantitative estimate of drug-likeness (QED) is 0.866. The molecule has 0 radical (unpaired) electrons. The summed E-state index contributed by atoms with van der Waals surface area (Å²) in [5.41, 5.74) is 0.965. The van der Waals surface area contributed by atoms with Crippen molar-refractivity contribution >= 4 is 11.9 Å². The first-order valence-electron chi connectivity index (χ1n) is 6.46. The molecule has 0 unspecified atom stereocenters. The molecule has 1 heterocycles. The third-order valence-electron chi connectivity index (χ3n) is 4.16. The normalized spacial score (nSPS) is 19.3. The highest BCUT2D eigenvalue weighted by atomic mass is 19.4. The Morgan fingerprint density at radius 1 is 1.24 bits per heavy atom. The third-order valence-corrected chi connectivity index (χ3v) is 4.16. The topological polar surface area (TPSA) is 57.6 Å². The summed E-state index contributed by atoms with van der Waals surface area (Å²) in [5.74, 6) is -3.00. The number of halogens is 3. The van der Waals surface area contributed by atoms with Crippen LogP contribution >= 0.6 is 0 Å². The molecule has 4 nitrogen and oxygen atoms in total. The van der Waals surface area contributed by atoms with Crippen LogP contribution in [-0.2, 0) is 16.8 Å². The Bertz CT molecular complexity index is 635. The maximum Gasteiger partial charge on any atom is 0.471 e. The SMILES string of the molecule is O=C(O)c1ccc2c(c1)CN(C(=O)C(F)(F)F)CC21CC1. The maximum absolute atomic E-state index is 12.6. The Morgan fingerprint density at radius 3 is 2.43 bits per heavy atom. The van der Waals surface area contributed by atoms with Crippen molar-refractivity contribution in [2.45, 2.75) is 31.0 Å². The first-order valence-corrected chi connectivity index (χ1v) is 6.46. The summed E-state index contributed by atoms with van der Waals surface area (Å²) < 4.78 is 37.8. The second kappa shape index (κ2) is 4.22. The van der Waals surface area contributed by atoms with E-state index in [1.54, 1.807) is 6.07 Å². The molecule has 1 aromatic rings. The van der Waals surface area contributed by atoms with Crippen molar-refractivity contribution in [1.29, 1.82) is 0 Å². The van der Waals surface area contributed by atoms with Crippen LogP contribution in [0, 0.1) is 0 Å². The predicted octanol–water partition coefficient (Wildman–Crippen LogP) is 2.32. The Kier molecular flexibility index (Phi) is 2.80. The van der Waals surface area contributed by atoms with Gasteiger partial charge in [0.15, 0.2) is 0 Å². The number of rotatable bonds is 1. The fourth-order valence-corrected chi connectivity index (χ4v) is 2.99. The van der Waals surface area contributed by atoms with Crippen LogP contribution in [0.25, 0.3) is 0 Å². The molecule has 0 aromatic heterocycles. The van der Waals surface area contributed by atoms with E-state index in [1.807, 2.05) is 0 Å². The van der Waals surface area contributed by atoms with Crippen molar-refractivity contribution in [3.05, 3.63) is 34.9 Å². The number of nitrogens with zero attached hydrogens (tertiary/aromatic N) is 1. The molecule has 1 amide bonds. The lowest BCUT2D eigenvalue weighted by molar-refractivity contribution is -0.187. The van der Waals surface area contributed by atoms with Gasteiger partial charge in [0.25, 0.3) is 0 Å². The predicted molar refractivity (Wildman–Crippen MR) is 65.8 cm³/mol. The standard InChI is InChI=1S/C14H12F3NO3/c15-14(16,17)12(21)18-6-9-5-8(11(19)20)1-2-10(9)13(7-18)3-4-13/h1-2,5H,3-4,6-7H2,(H,19,20). The van der Waals surface area contributed by atoms with E-state index in [0.717, 1.165) is 10.5 Å². The molecule has 1 N–H and O–H groups in total. The molecule has 0 atom stereocenters. The summed E-state index contributed by atoms with van der Waals surface area (Å²) in [6.45, 7) is -0.151. The highest BCUT2D eigenvalue weighted by Gasteiger charge is 2.53. The van der Waals surface area contributed by atoms with Gasteiger partial charge in [-0.3, -0.25) is 4.79 Å². The van der Waals surface area contributed by atoms with Crippen molar-refractivity contribution < 1.29 is 27.9 Å². The molecular formula is C14H12F3NO3. The minimum absolute atomic E-state index is 0.0193. The van der Waals surface area contributed by atoms with Gasteiger partial charge in [-0.15, -0.1) is 0 Å². The molecule has 1 fully saturated rings. The van der Waals surface area contributed by atoms with E-state index in [0.29, 0.717) is 18.4 Å². The molecule has 0 saturated heterocycles. The Balaban J connectivity index is 1.99. The number of hydrogen-bond donors (Lipinski definition) is 1. The minimum Gasteiger partial charge on any atom is -0.478 e. The second-order valence-corrected chi connectivity index (χ2v) is 5.62. The van der Waals surface area contributed by atoms with Gasteiger partial charge in [-0.25, -0.2) is 4.79 Å². The number of aromatic carboxylic acids is 1. The van der Waals surface area contributed by atoms with Gasteiger partial charge < -0.3 is 10.0 Å². The molecule has 21 heavy (non-hydrogen) atoms. The first kappa shape index (κ1) is 13.9. The van der Waals surface area contributed by atoms with Crippen molar-refractivity contribution in [3.63, 3.8) is 0 Å². The van der Waals surface area contributed by atoms with Crippen LogP contribution in [0.4, 0.5) is 13.2 Å². The van der Waals surface area contributed by atoms with Gasteiger partial charge in [0, 0.05) is 18.5 Å². The zero-order chi connectivity index (χ0) is 15.4. The van der Waals surface area contributed by atoms with Crippen molar-refractivity contribution in [2.75, 3.05) is 6.54 Å². The van der Waals surface area contributed by atoms with Gasteiger partial charge in [0.2, 0.25) is 0 Å². The zero-order valence-electron chi connectivity index (χ0n) is 10.9. The van der Waals surface area contributed by atoms with E-state index in [2.05, 4.69) is 0 Å². The Morgan fingerprint density at radius 2 is 1.90 bits per heavy atom. The lowest BCUT2D eigenvalue weighted by atomic mass is 9.86. The zero-order valence-corrected chi connectivity index (χ0v) is 10.9. The molecule has 1 saturated carbocycles. The van der Waals surface area contributed by atoms with Crippen molar-refractivity contribution in [1.82, 2.24) is 4.90 Å². The number of benzene rings is 1. The fraction of sp³-hybridized carbons (Fsp3) is 0.429. The molecule has 3 rings (SSSR count). The minimum atomic E-state index is -4.90. The lowest BCUT2D eigenvalue weighted by Gasteiger charge is -2.35. The summed E-state index contributed by atoms with van der Waals surface area (Å²) >= 11 is 0. The van der Waals surface area contributed by atoms with Crippen molar-refractivity contribution in [3.8, 4) is 0 Å². The summed E-state index contributed by atoms with van der Waals surface area (Å²) in [5, 5.41) is 8.98. The highest BCUT2D eigenvalue weighted by Crippen LogP contribution is 2.52. The van der Waals surface area contributed by atoms with E-state index in [4.69, 9.17) is 5.11 Å². The molecule has 1 aromatic carbocycles. The fourth-order valence-electron chi connectivity index (χ4n) is 2.99. The average molecular weight is 299 g/mol. The van der Waals surface area contributed by atoms with Crippen LogP contribution in [0.5, 0.6) is 0 Å². The van der Waals surface area contributed by atoms with E-state index in [1.165, 1.54) is 12.1 Å². The van der Waals surface area contributed by atoms with Gasteiger partial charge in [0.05, 0.1) is 5.56 Å². The van der Waals surface area contributed by atoms with E-state index < -0.39 is 23.5 Å². The second-order valence-electron chi connectivity index (χ2n) is 5.62. The Labute approximate surface area is 118 Å². The van der Waals surface area contributed by atoms with Gasteiger partial charge >= 0.3 is 18.1 Å².